The van der Waals surface area contributed by atoms with Crippen LogP contribution in [0.5, 0.6) is 5.75 Å². The zero-order valence-electron chi connectivity index (χ0n) is 23.7. The number of rotatable bonds is 8. The molecule has 0 spiro atoms. The zero-order valence-corrected chi connectivity index (χ0v) is 23.7. The number of aryl methyl sites for hydroxylation is 2. The Morgan fingerprint density at radius 1 is 0.902 bits per heavy atom. The number of aromatic nitrogens is 4. The van der Waals surface area contributed by atoms with Crippen molar-refractivity contribution in [1.29, 1.82) is 0 Å². The number of aromatic carboxylic acids is 1. The fourth-order valence-corrected chi connectivity index (χ4v) is 5.68. The molecular weight excluding hydrogens is 512 g/mol. The van der Waals surface area contributed by atoms with Gasteiger partial charge in [0.05, 0.1) is 40.4 Å². The van der Waals surface area contributed by atoms with E-state index in [1.54, 1.807) is 7.11 Å². The highest BCUT2D eigenvalue weighted by Crippen LogP contribution is 2.35. The van der Waals surface area contributed by atoms with Crippen molar-refractivity contribution in [2.75, 3.05) is 7.11 Å². The Kier molecular flexibility index (Phi) is 6.79. The first-order valence-electron chi connectivity index (χ1n) is 13.9. The number of methoxy groups -OCH3 is 1. The fraction of sp³-hybridized carbons (Fsp3) is 0.206. The third kappa shape index (κ3) is 4.53. The highest BCUT2D eigenvalue weighted by atomic mass is 16.5. The van der Waals surface area contributed by atoms with Crippen molar-refractivity contribution < 1.29 is 14.6 Å². The number of carboxylic acids is 1. The number of nitrogens with zero attached hydrogens (tertiary/aromatic N) is 4. The fourth-order valence-electron chi connectivity index (χ4n) is 5.68. The summed E-state index contributed by atoms with van der Waals surface area (Å²) in [5.41, 5.74) is 8.02. The number of imidazole rings is 2. The molecule has 0 aliphatic carbocycles. The Labute approximate surface area is 238 Å². The van der Waals surface area contributed by atoms with E-state index < -0.39 is 5.97 Å². The third-order valence-corrected chi connectivity index (χ3v) is 7.80. The van der Waals surface area contributed by atoms with Crippen molar-refractivity contribution in [2.24, 2.45) is 7.05 Å². The molecule has 0 atom stereocenters. The van der Waals surface area contributed by atoms with E-state index in [1.165, 1.54) is 0 Å². The molecule has 6 rings (SSSR count). The highest BCUT2D eigenvalue weighted by molar-refractivity contribution is 5.99. The SMILES string of the molecule is CCCCc1nc2ccc(-c3nc4cc(OC)ccc4n3C)cc2n1-c1ccc(-c2ccccc2)c(C(=O)O)c1C. The molecule has 0 unspecified atom stereocenters. The van der Waals surface area contributed by atoms with Crippen molar-refractivity contribution in [3.63, 3.8) is 0 Å². The van der Waals surface area contributed by atoms with Gasteiger partial charge in [-0.05, 0) is 66.4 Å². The minimum absolute atomic E-state index is 0.303. The summed E-state index contributed by atoms with van der Waals surface area (Å²) in [6.45, 7) is 4.05. The third-order valence-electron chi connectivity index (χ3n) is 7.80. The van der Waals surface area contributed by atoms with E-state index in [9.17, 15) is 9.90 Å². The van der Waals surface area contributed by atoms with Crippen molar-refractivity contribution in [3.8, 4) is 34.0 Å². The van der Waals surface area contributed by atoms with Gasteiger partial charge in [-0.2, -0.15) is 0 Å². The molecule has 4 aromatic carbocycles. The number of hydrogen-bond donors (Lipinski definition) is 1. The van der Waals surface area contributed by atoms with E-state index >= 15 is 0 Å². The van der Waals surface area contributed by atoms with Gasteiger partial charge in [-0.15, -0.1) is 0 Å². The van der Waals surface area contributed by atoms with Gasteiger partial charge in [-0.3, -0.25) is 4.57 Å². The maximum absolute atomic E-state index is 12.6. The van der Waals surface area contributed by atoms with Crippen LogP contribution in [0.15, 0.2) is 78.9 Å². The molecule has 41 heavy (non-hydrogen) atoms. The Bertz CT molecular complexity index is 1920. The van der Waals surface area contributed by atoms with E-state index in [4.69, 9.17) is 14.7 Å². The molecule has 7 heteroatoms. The summed E-state index contributed by atoms with van der Waals surface area (Å²) < 4.78 is 9.62. The molecule has 0 saturated carbocycles. The van der Waals surface area contributed by atoms with Crippen LogP contribution in [0.2, 0.25) is 0 Å². The Morgan fingerprint density at radius 3 is 2.44 bits per heavy atom. The average molecular weight is 545 g/mol. The summed E-state index contributed by atoms with van der Waals surface area (Å²) in [4.78, 5) is 22.6. The van der Waals surface area contributed by atoms with E-state index in [0.29, 0.717) is 16.7 Å². The van der Waals surface area contributed by atoms with Crippen LogP contribution in [0.1, 0.15) is 41.5 Å². The molecule has 1 N–H and O–H groups in total. The van der Waals surface area contributed by atoms with Crippen molar-refractivity contribution in [3.05, 3.63) is 95.8 Å². The van der Waals surface area contributed by atoms with Gasteiger partial charge >= 0.3 is 5.97 Å². The van der Waals surface area contributed by atoms with E-state index in [-0.39, 0.29) is 0 Å². The predicted octanol–water partition coefficient (Wildman–Crippen LogP) is 7.60. The van der Waals surface area contributed by atoms with Crippen LogP contribution in [0.3, 0.4) is 0 Å². The second kappa shape index (κ2) is 10.6. The first kappa shape index (κ1) is 26.3. The topological polar surface area (TPSA) is 82.2 Å². The standard InChI is InChI=1S/C34H32N4O3/c1-5-6-12-31-35-26-16-13-23(33-36-27-20-24(41-4)14-17-29(27)37(33)3)19-30(26)38(31)28-18-15-25(22-10-8-7-9-11-22)32(21(28)2)34(39)40/h7-11,13-20H,5-6,12H2,1-4H3,(H,39,40). The second-order valence-electron chi connectivity index (χ2n) is 10.3. The predicted molar refractivity (Wildman–Crippen MR) is 163 cm³/mol. The normalized spacial score (nSPS) is 11.4. The Hall–Kier alpha value is -4.91. The van der Waals surface area contributed by atoms with E-state index in [0.717, 1.165) is 75.5 Å². The van der Waals surface area contributed by atoms with Crippen LogP contribution in [-0.4, -0.2) is 37.3 Å². The first-order chi connectivity index (χ1) is 19.9. The Balaban J connectivity index is 1.57. The van der Waals surface area contributed by atoms with Gasteiger partial charge in [-0.1, -0.05) is 49.7 Å². The van der Waals surface area contributed by atoms with Crippen molar-refractivity contribution in [1.82, 2.24) is 19.1 Å². The number of benzene rings is 4. The molecule has 0 aliphatic rings. The van der Waals surface area contributed by atoms with E-state index in [1.807, 2.05) is 80.7 Å². The molecule has 0 aliphatic heterocycles. The van der Waals surface area contributed by atoms with Crippen LogP contribution < -0.4 is 4.74 Å². The van der Waals surface area contributed by atoms with E-state index in [2.05, 4.69) is 28.2 Å². The lowest BCUT2D eigenvalue weighted by molar-refractivity contribution is 0.0697. The zero-order chi connectivity index (χ0) is 28.7. The monoisotopic (exact) mass is 544 g/mol. The lowest BCUT2D eigenvalue weighted by Crippen LogP contribution is -2.09. The molecular formula is C34H32N4O3. The van der Waals surface area contributed by atoms with Gasteiger partial charge in [0.25, 0.3) is 0 Å². The molecule has 6 aromatic rings. The molecule has 0 bridgehead atoms. The summed E-state index contributed by atoms with van der Waals surface area (Å²) in [6, 6.07) is 25.7. The summed E-state index contributed by atoms with van der Waals surface area (Å²) in [6.07, 6.45) is 2.80. The minimum Gasteiger partial charge on any atom is -0.497 e. The van der Waals surface area contributed by atoms with Crippen LogP contribution >= 0.6 is 0 Å². The van der Waals surface area contributed by atoms with Gasteiger partial charge in [0.2, 0.25) is 0 Å². The molecule has 0 amide bonds. The molecule has 0 fully saturated rings. The average Bonchev–Trinajstić information content (AvgIpc) is 3.52. The smallest absolute Gasteiger partial charge is 0.336 e. The number of ether oxygens (including phenoxy) is 1. The summed E-state index contributed by atoms with van der Waals surface area (Å²) >= 11 is 0. The van der Waals surface area contributed by atoms with Crippen LogP contribution in [-0.2, 0) is 13.5 Å². The van der Waals surface area contributed by atoms with Gasteiger partial charge < -0.3 is 14.4 Å². The highest BCUT2D eigenvalue weighted by Gasteiger charge is 2.22. The maximum Gasteiger partial charge on any atom is 0.336 e. The first-order valence-corrected chi connectivity index (χ1v) is 13.9. The molecule has 2 aromatic heterocycles. The quantitative estimate of drug-likeness (QED) is 0.213. The van der Waals surface area contributed by atoms with Gasteiger partial charge in [0.15, 0.2) is 0 Å². The van der Waals surface area contributed by atoms with Crippen LogP contribution in [0.4, 0.5) is 0 Å². The summed E-state index contributed by atoms with van der Waals surface area (Å²) in [5.74, 6) is 1.57. The number of unbranched alkanes of at least 4 members (excludes halogenated alkanes) is 1. The molecule has 2 heterocycles. The molecule has 0 saturated heterocycles. The van der Waals surface area contributed by atoms with Gasteiger partial charge in [0.1, 0.15) is 17.4 Å². The van der Waals surface area contributed by atoms with Crippen molar-refractivity contribution >= 4 is 28.0 Å². The van der Waals surface area contributed by atoms with Gasteiger partial charge in [-0.25, -0.2) is 14.8 Å². The minimum atomic E-state index is -0.946. The number of carboxylic acid groups (broad SMARTS) is 1. The number of hydrogen-bond acceptors (Lipinski definition) is 4. The second-order valence-corrected chi connectivity index (χ2v) is 10.3. The van der Waals surface area contributed by atoms with Crippen molar-refractivity contribution in [2.45, 2.75) is 33.1 Å². The number of carbonyl (C=O) groups is 1. The molecule has 7 nitrogen and oxygen atoms in total. The lowest BCUT2D eigenvalue weighted by atomic mass is 9.94. The largest absolute Gasteiger partial charge is 0.497 e. The van der Waals surface area contributed by atoms with Crippen LogP contribution in [0, 0.1) is 6.92 Å². The number of fused-ring (bicyclic) bond motifs is 2. The summed E-state index contributed by atoms with van der Waals surface area (Å²) in [5, 5.41) is 10.3. The Morgan fingerprint density at radius 2 is 1.71 bits per heavy atom. The lowest BCUT2D eigenvalue weighted by Gasteiger charge is -2.17. The summed E-state index contributed by atoms with van der Waals surface area (Å²) in [7, 11) is 3.66. The molecule has 0 radical (unpaired) electrons. The molecule has 206 valence electrons. The van der Waals surface area contributed by atoms with Crippen LogP contribution in [0.25, 0.3) is 50.3 Å². The van der Waals surface area contributed by atoms with Gasteiger partial charge in [0, 0.05) is 25.1 Å². The maximum atomic E-state index is 12.6.